The highest BCUT2D eigenvalue weighted by Crippen LogP contribution is 2.16. The average molecular weight is 329 g/mol. The molecule has 0 aliphatic heterocycles. The number of hydrogen-bond donors (Lipinski definition) is 2. The highest BCUT2D eigenvalue weighted by atomic mass is 16.5. The molecule has 2 aromatic carbocycles. The van der Waals surface area contributed by atoms with E-state index < -0.39 is 0 Å². The number of nitrogens with one attached hydrogen (secondary N) is 1. The molecule has 0 unspecified atom stereocenters. The van der Waals surface area contributed by atoms with E-state index in [9.17, 15) is 0 Å². The minimum absolute atomic E-state index is 0.353. The maximum Gasteiger partial charge on any atom is 0.193 e. The maximum atomic E-state index is 5.92. The van der Waals surface area contributed by atoms with Crippen LogP contribution >= 0.6 is 0 Å². The highest BCUT2D eigenvalue weighted by Gasteiger charge is 1.99. The van der Waals surface area contributed by atoms with Crippen molar-refractivity contribution in [2.75, 3.05) is 32.8 Å². The SMILES string of the molecule is COCCOc1cccc(CN=C(N)Nc2ccc(OC)cc2)c1. The van der Waals surface area contributed by atoms with E-state index in [1.165, 1.54) is 0 Å². The quantitative estimate of drug-likeness (QED) is 0.442. The van der Waals surface area contributed by atoms with Gasteiger partial charge in [-0.25, -0.2) is 4.99 Å². The molecule has 0 atom stereocenters. The van der Waals surface area contributed by atoms with E-state index >= 15 is 0 Å². The lowest BCUT2D eigenvalue weighted by Gasteiger charge is -2.08. The Kier molecular flexibility index (Phi) is 6.91. The van der Waals surface area contributed by atoms with Crippen molar-refractivity contribution in [2.45, 2.75) is 6.54 Å². The van der Waals surface area contributed by atoms with E-state index in [-0.39, 0.29) is 0 Å². The van der Waals surface area contributed by atoms with Gasteiger partial charge in [0.1, 0.15) is 18.1 Å². The molecule has 0 saturated heterocycles. The third-order valence-corrected chi connectivity index (χ3v) is 3.25. The van der Waals surface area contributed by atoms with Crippen LogP contribution in [0.25, 0.3) is 0 Å². The van der Waals surface area contributed by atoms with Crippen molar-refractivity contribution >= 4 is 11.6 Å². The molecule has 6 heteroatoms. The van der Waals surface area contributed by atoms with E-state index in [4.69, 9.17) is 19.9 Å². The number of nitrogens with two attached hydrogens (primary N) is 1. The number of ether oxygens (including phenoxy) is 3. The summed E-state index contributed by atoms with van der Waals surface area (Å²) in [6.45, 7) is 1.54. The fraction of sp³-hybridized carbons (Fsp3) is 0.278. The maximum absolute atomic E-state index is 5.92. The molecule has 0 bridgehead atoms. The minimum atomic E-state index is 0.353. The van der Waals surface area contributed by atoms with E-state index in [2.05, 4.69) is 10.3 Å². The molecule has 0 amide bonds. The van der Waals surface area contributed by atoms with Crippen LogP contribution in [0.1, 0.15) is 5.56 Å². The normalized spacial score (nSPS) is 11.2. The molecule has 24 heavy (non-hydrogen) atoms. The van der Waals surface area contributed by atoms with Gasteiger partial charge in [0.25, 0.3) is 0 Å². The highest BCUT2D eigenvalue weighted by molar-refractivity contribution is 5.92. The molecule has 0 radical (unpaired) electrons. The average Bonchev–Trinajstić information content (AvgIpc) is 2.61. The first-order valence-electron chi connectivity index (χ1n) is 7.63. The second kappa shape index (κ2) is 9.42. The lowest BCUT2D eigenvalue weighted by Crippen LogP contribution is -2.22. The number of benzene rings is 2. The Bertz CT molecular complexity index is 657. The summed E-state index contributed by atoms with van der Waals surface area (Å²) < 4.78 is 15.7. The Morgan fingerprint density at radius 1 is 1.04 bits per heavy atom. The molecule has 0 heterocycles. The van der Waals surface area contributed by atoms with Crippen LogP contribution in [0.3, 0.4) is 0 Å². The number of rotatable bonds is 8. The Hall–Kier alpha value is -2.73. The summed E-state index contributed by atoms with van der Waals surface area (Å²) >= 11 is 0. The largest absolute Gasteiger partial charge is 0.497 e. The van der Waals surface area contributed by atoms with Crippen molar-refractivity contribution in [1.82, 2.24) is 0 Å². The van der Waals surface area contributed by atoms with Crippen LogP contribution < -0.4 is 20.5 Å². The molecule has 3 N–H and O–H groups in total. The number of methoxy groups -OCH3 is 2. The molecule has 128 valence electrons. The summed E-state index contributed by atoms with van der Waals surface area (Å²) in [4.78, 5) is 4.34. The summed E-state index contributed by atoms with van der Waals surface area (Å²) in [6.07, 6.45) is 0. The lowest BCUT2D eigenvalue weighted by molar-refractivity contribution is 0.146. The first-order valence-corrected chi connectivity index (χ1v) is 7.63. The van der Waals surface area contributed by atoms with Gasteiger partial charge in [-0.1, -0.05) is 12.1 Å². The molecule has 6 nitrogen and oxygen atoms in total. The van der Waals surface area contributed by atoms with Crippen LogP contribution in [-0.2, 0) is 11.3 Å². The van der Waals surface area contributed by atoms with Gasteiger partial charge in [0, 0.05) is 12.8 Å². The van der Waals surface area contributed by atoms with Gasteiger partial charge in [0.05, 0.1) is 20.3 Å². The standard InChI is InChI=1S/C18H23N3O3/c1-22-10-11-24-17-5-3-4-14(12-17)13-20-18(19)21-15-6-8-16(23-2)9-7-15/h3-9,12H,10-11,13H2,1-2H3,(H3,19,20,21). The van der Waals surface area contributed by atoms with Crippen LogP contribution in [0.15, 0.2) is 53.5 Å². The predicted octanol–water partition coefficient (Wildman–Crippen LogP) is 2.65. The van der Waals surface area contributed by atoms with Gasteiger partial charge >= 0.3 is 0 Å². The van der Waals surface area contributed by atoms with E-state index in [0.29, 0.717) is 25.7 Å². The Morgan fingerprint density at radius 3 is 2.54 bits per heavy atom. The monoisotopic (exact) mass is 329 g/mol. The molecule has 2 aromatic rings. The fourth-order valence-corrected chi connectivity index (χ4v) is 2.01. The molecule has 0 aliphatic rings. The van der Waals surface area contributed by atoms with Crippen molar-refractivity contribution < 1.29 is 14.2 Å². The second-order valence-electron chi connectivity index (χ2n) is 5.04. The Labute approximate surface area is 142 Å². The van der Waals surface area contributed by atoms with Gasteiger partial charge in [-0.3, -0.25) is 0 Å². The molecule has 2 rings (SSSR count). The Morgan fingerprint density at radius 2 is 1.83 bits per heavy atom. The Balaban J connectivity index is 1.90. The number of anilines is 1. The first kappa shape index (κ1) is 17.6. The van der Waals surface area contributed by atoms with Crippen molar-refractivity contribution in [1.29, 1.82) is 0 Å². The smallest absolute Gasteiger partial charge is 0.193 e. The van der Waals surface area contributed by atoms with E-state index in [1.54, 1.807) is 14.2 Å². The zero-order valence-electron chi connectivity index (χ0n) is 14.0. The topological polar surface area (TPSA) is 78.1 Å². The third-order valence-electron chi connectivity index (χ3n) is 3.25. The van der Waals surface area contributed by atoms with Crippen LogP contribution in [0.2, 0.25) is 0 Å². The number of guanidine groups is 1. The minimum Gasteiger partial charge on any atom is -0.497 e. The molecule has 0 aliphatic carbocycles. The van der Waals surface area contributed by atoms with Crippen molar-refractivity contribution in [3.05, 3.63) is 54.1 Å². The molecule has 0 spiro atoms. The van der Waals surface area contributed by atoms with E-state index in [1.807, 2.05) is 48.5 Å². The number of nitrogens with zero attached hydrogens (tertiary/aromatic N) is 1. The second-order valence-corrected chi connectivity index (χ2v) is 5.04. The summed E-state index contributed by atoms with van der Waals surface area (Å²) in [5, 5.41) is 3.04. The zero-order valence-corrected chi connectivity index (χ0v) is 14.0. The summed E-state index contributed by atoms with van der Waals surface area (Å²) in [5.41, 5.74) is 7.79. The summed E-state index contributed by atoms with van der Waals surface area (Å²) in [5.74, 6) is 1.94. The van der Waals surface area contributed by atoms with Gasteiger partial charge in [-0.05, 0) is 42.0 Å². The molecular formula is C18H23N3O3. The van der Waals surface area contributed by atoms with Crippen LogP contribution in [0.4, 0.5) is 5.69 Å². The molecule has 0 aromatic heterocycles. The van der Waals surface area contributed by atoms with Gasteiger partial charge in [-0.2, -0.15) is 0 Å². The fourth-order valence-electron chi connectivity index (χ4n) is 2.01. The van der Waals surface area contributed by atoms with Gasteiger partial charge in [0.2, 0.25) is 0 Å². The number of aliphatic imine (C=N–C) groups is 1. The van der Waals surface area contributed by atoms with E-state index in [0.717, 1.165) is 22.7 Å². The molecule has 0 saturated carbocycles. The predicted molar refractivity (Wildman–Crippen MR) is 95.8 cm³/mol. The third kappa shape index (κ3) is 5.81. The van der Waals surface area contributed by atoms with Crippen LogP contribution in [0, 0.1) is 0 Å². The molecule has 0 fully saturated rings. The zero-order chi connectivity index (χ0) is 17.2. The van der Waals surface area contributed by atoms with Crippen LogP contribution in [0.5, 0.6) is 11.5 Å². The van der Waals surface area contributed by atoms with Crippen LogP contribution in [-0.4, -0.2) is 33.4 Å². The van der Waals surface area contributed by atoms with Crippen molar-refractivity contribution in [3.63, 3.8) is 0 Å². The van der Waals surface area contributed by atoms with Crippen molar-refractivity contribution in [2.24, 2.45) is 10.7 Å². The van der Waals surface area contributed by atoms with Gasteiger partial charge < -0.3 is 25.3 Å². The van der Waals surface area contributed by atoms with Gasteiger partial charge in [0.15, 0.2) is 5.96 Å². The summed E-state index contributed by atoms with van der Waals surface area (Å²) in [6, 6.07) is 15.2. The van der Waals surface area contributed by atoms with Crippen molar-refractivity contribution in [3.8, 4) is 11.5 Å². The summed E-state index contributed by atoms with van der Waals surface area (Å²) in [7, 11) is 3.28. The molecular weight excluding hydrogens is 306 g/mol. The number of hydrogen-bond acceptors (Lipinski definition) is 4. The van der Waals surface area contributed by atoms with Gasteiger partial charge in [-0.15, -0.1) is 0 Å². The first-order chi connectivity index (χ1) is 11.7. The lowest BCUT2D eigenvalue weighted by atomic mass is 10.2.